The molecule has 1 atom stereocenters. The molecule has 0 spiro atoms. The second-order valence-electron chi connectivity index (χ2n) is 8.01. The molecule has 0 bridgehead atoms. The number of nitrogens with one attached hydrogen (secondary N) is 2. The third-order valence-electron chi connectivity index (χ3n) is 4.53. The predicted octanol–water partition coefficient (Wildman–Crippen LogP) is 3.95. The van der Waals surface area contributed by atoms with E-state index in [1.807, 2.05) is 20.8 Å². The van der Waals surface area contributed by atoms with Gasteiger partial charge in [0, 0.05) is 25.3 Å². The summed E-state index contributed by atoms with van der Waals surface area (Å²) in [6, 6.07) is 7.52. The van der Waals surface area contributed by atoms with Crippen molar-refractivity contribution in [1.82, 2.24) is 15.2 Å². The Kier molecular flexibility index (Phi) is 5.72. The topological polar surface area (TPSA) is 74.4 Å². The van der Waals surface area contributed by atoms with Crippen molar-refractivity contribution in [1.29, 1.82) is 0 Å². The van der Waals surface area contributed by atoms with E-state index in [9.17, 15) is 14.0 Å². The number of amides is 2. The lowest BCUT2D eigenvalue weighted by molar-refractivity contribution is 0.0185. The minimum absolute atomic E-state index is 0.148. The first-order valence-electron chi connectivity index (χ1n) is 9.45. The normalized spacial score (nSPS) is 17.3. The first kappa shape index (κ1) is 19.9. The zero-order chi connectivity index (χ0) is 20.3. The van der Waals surface area contributed by atoms with E-state index in [-0.39, 0.29) is 23.9 Å². The molecule has 28 heavy (non-hydrogen) atoms. The predicted molar refractivity (Wildman–Crippen MR) is 104 cm³/mol. The van der Waals surface area contributed by atoms with Crippen LogP contribution in [0.25, 0.3) is 11.3 Å². The number of hydrogen-bond acceptors (Lipinski definition) is 3. The van der Waals surface area contributed by atoms with Crippen molar-refractivity contribution < 1.29 is 18.7 Å². The number of carbonyl (C=O) groups excluding carboxylic acids is 2. The molecule has 6 nitrogen and oxygen atoms in total. The molecule has 1 aromatic carbocycles. The standard InChI is InChI=1S/C21H26FN3O3/c1-21(2,3)28-20(27)25-12-4-5-16(13-25)24-19(26)17-10-11-23-18(17)14-6-8-15(22)9-7-14/h6-11,16,23H,4-5,12-13H2,1-3H3,(H,24,26)/t16-/m1/s1. The molecule has 1 aliphatic heterocycles. The summed E-state index contributed by atoms with van der Waals surface area (Å²) in [4.78, 5) is 29.8. The Labute approximate surface area is 164 Å². The summed E-state index contributed by atoms with van der Waals surface area (Å²) < 4.78 is 18.6. The van der Waals surface area contributed by atoms with Crippen LogP contribution in [-0.2, 0) is 4.74 Å². The Morgan fingerprint density at radius 3 is 2.61 bits per heavy atom. The number of nitrogens with zero attached hydrogens (tertiary/aromatic N) is 1. The molecule has 2 aromatic rings. The van der Waals surface area contributed by atoms with Crippen molar-refractivity contribution >= 4 is 12.0 Å². The third-order valence-corrected chi connectivity index (χ3v) is 4.53. The van der Waals surface area contributed by atoms with E-state index in [4.69, 9.17) is 4.74 Å². The summed E-state index contributed by atoms with van der Waals surface area (Å²) in [7, 11) is 0. The number of aromatic nitrogens is 1. The number of halogens is 1. The minimum Gasteiger partial charge on any atom is -0.444 e. The van der Waals surface area contributed by atoms with Gasteiger partial charge in [0.1, 0.15) is 11.4 Å². The molecule has 0 saturated carbocycles. The monoisotopic (exact) mass is 387 g/mol. The Hall–Kier alpha value is -2.83. The molecule has 2 N–H and O–H groups in total. The fourth-order valence-corrected chi connectivity index (χ4v) is 3.26. The summed E-state index contributed by atoms with van der Waals surface area (Å²) in [5.74, 6) is -0.553. The van der Waals surface area contributed by atoms with E-state index in [1.165, 1.54) is 12.1 Å². The van der Waals surface area contributed by atoms with Gasteiger partial charge in [-0.3, -0.25) is 4.79 Å². The molecule has 1 aromatic heterocycles. The van der Waals surface area contributed by atoms with Gasteiger partial charge in [0.05, 0.1) is 11.3 Å². The molecule has 150 valence electrons. The third kappa shape index (κ3) is 4.91. The Balaban J connectivity index is 1.66. The number of H-pyrrole nitrogens is 1. The highest BCUT2D eigenvalue weighted by atomic mass is 19.1. The highest BCUT2D eigenvalue weighted by Gasteiger charge is 2.29. The van der Waals surface area contributed by atoms with Crippen molar-refractivity contribution in [3.63, 3.8) is 0 Å². The zero-order valence-corrected chi connectivity index (χ0v) is 16.4. The van der Waals surface area contributed by atoms with Crippen LogP contribution >= 0.6 is 0 Å². The molecule has 2 heterocycles. The van der Waals surface area contributed by atoms with Crippen LogP contribution in [-0.4, -0.2) is 46.6 Å². The number of piperidine rings is 1. The quantitative estimate of drug-likeness (QED) is 0.837. The van der Waals surface area contributed by atoms with Gasteiger partial charge >= 0.3 is 6.09 Å². The number of hydrogen-bond donors (Lipinski definition) is 2. The van der Waals surface area contributed by atoms with Crippen molar-refractivity contribution in [2.45, 2.75) is 45.3 Å². The van der Waals surface area contributed by atoms with Crippen LogP contribution in [0.2, 0.25) is 0 Å². The van der Waals surface area contributed by atoms with E-state index in [1.54, 1.807) is 29.3 Å². The Bertz CT molecular complexity index is 839. The van der Waals surface area contributed by atoms with Crippen LogP contribution < -0.4 is 5.32 Å². The van der Waals surface area contributed by atoms with Gasteiger partial charge in [-0.05, 0) is 69.5 Å². The van der Waals surface area contributed by atoms with Gasteiger partial charge in [0.2, 0.25) is 0 Å². The SMILES string of the molecule is CC(C)(C)OC(=O)N1CCC[C@@H](NC(=O)c2cc[nH]c2-c2ccc(F)cc2)C1. The molecule has 1 saturated heterocycles. The van der Waals surface area contributed by atoms with Gasteiger partial charge in [-0.2, -0.15) is 0 Å². The van der Waals surface area contributed by atoms with Gasteiger partial charge in [0.25, 0.3) is 5.91 Å². The average Bonchev–Trinajstić information content (AvgIpc) is 3.11. The van der Waals surface area contributed by atoms with Crippen LogP contribution in [0.5, 0.6) is 0 Å². The molecular formula is C21H26FN3O3. The van der Waals surface area contributed by atoms with E-state index in [2.05, 4.69) is 10.3 Å². The molecular weight excluding hydrogens is 361 g/mol. The van der Waals surface area contributed by atoms with Gasteiger partial charge in [0.15, 0.2) is 0 Å². The fourth-order valence-electron chi connectivity index (χ4n) is 3.26. The second-order valence-corrected chi connectivity index (χ2v) is 8.01. The van der Waals surface area contributed by atoms with Crippen LogP contribution in [0.4, 0.5) is 9.18 Å². The molecule has 0 radical (unpaired) electrons. The van der Waals surface area contributed by atoms with Gasteiger partial charge < -0.3 is 19.9 Å². The van der Waals surface area contributed by atoms with E-state index < -0.39 is 5.60 Å². The van der Waals surface area contributed by atoms with Crippen LogP contribution in [0.3, 0.4) is 0 Å². The van der Waals surface area contributed by atoms with Crippen LogP contribution in [0.15, 0.2) is 36.5 Å². The van der Waals surface area contributed by atoms with E-state index in [0.29, 0.717) is 24.3 Å². The molecule has 0 unspecified atom stereocenters. The summed E-state index contributed by atoms with van der Waals surface area (Å²) in [6.07, 6.45) is 2.91. The minimum atomic E-state index is -0.553. The number of carbonyl (C=O) groups is 2. The maximum Gasteiger partial charge on any atom is 0.410 e. The van der Waals surface area contributed by atoms with Gasteiger partial charge in [-0.25, -0.2) is 9.18 Å². The van der Waals surface area contributed by atoms with Crippen molar-refractivity contribution in [2.75, 3.05) is 13.1 Å². The summed E-state index contributed by atoms with van der Waals surface area (Å²) in [5, 5.41) is 3.01. The smallest absolute Gasteiger partial charge is 0.410 e. The highest BCUT2D eigenvalue weighted by Crippen LogP contribution is 2.23. The second kappa shape index (κ2) is 8.04. The summed E-state index contributed by atoms with van der Waals surface area (Å²) in [5.41, 5.74) is 1.30. The number of aromatic amines is 1. The molecule has 3 rings (SSSR count). The Morgan fingerprint density at radius 2 is 1.93 bits per heavy atom. The maximum absolute atomic E-state index is 13.2. The zero-order valence-electron chi connectivity index (χ0n) is 16.4. The first-order chi connectivity index (χ1) is 13.2. The lowest BCUT2D eigenvalue weighted by Gasteiger charge is -2.34. The Morgan fingerprint density at radius 1 is 1.21 bits per heavy atom. The number of benzene rings is 1. The summed E-state index contributed by atoms with van der Waals surface area (Å²) in [6.45, 7) is 6.52. The van der Waals surface area contributed by atoms with Crippen LogP contribution in [0, 0.1) is 5.82 Å². The number of rotatable bonds is 3. The van der Waals surface area contributed by atoms with Gasteiger partial charge in [-0.15, -0.1) is 0 Å². The molecule has 1 aliphatic rings. The van der Waals surface area contributed by atoms with Crippen LogP contribution in [0.1, 0.15) is 44.0 Å². The summed E-state index contributed by atoms with van der Waals surface area (Å²) >= 11 is 0. The van der Waals surface area contributed by atoms with E-state index >= 15 is 0 Å². The molecule has 2 amide bonds. The van der Waals surface area contributed by atoms with Crippen molar-refractivity contribution in [2.24, 2.45) is 0 Å². The lowest BCUT2D eigenvalue weighted by Crippen LogP contribution is -2.50. The average molecular weight is 387 g/mol. The van der Waals surface area contributed by atoms with E-state index in [0.717, 1.165) is 18.4 Å². The number of ether oxygens (including phenoxy) is 1. The molecule has 0 aliphatic carbocycles. The largest absolute Gasteiger partial charge is 0.444 e. The molecule has 7 heteroatoms. The first-order valence-corrected chi connectivity index (χ1v) is 9.45. The van der Waals surface area contributed by atoms with Crippen molar-refractivity contribution in [3.8, 4) is 11.3 Å². The van der Waals surface area contributed by atoms with Gasteiger partial charge in [-0.1, -0.05) is 0 Å². The molecule has 1 fully saturated rings. The maximum atomic E-state index is 13.2. The number of likely N-dealkylation sites (tertiary alicyclic amines) is 1. The lowest BCUT2D eigenvalue weighted by atomic mass is 10.0. The fraction of sp³-hybridized carbons (Fsp3) is 0.429. The van der Waals surface area contributed by atoms with Crippen molar-refractivity contribution in [3.05, 3.63) is 47.9 Å². The highest BCUT2D eigenvalue weighted by molar-refractivity contribution is 6.00.